The molecule has 0 unspecified atom stereocenters. The van der Waals surface area contributed by atoms with Crippen LogP contribution in [0.2, 0.25) is 0 Å². The van der Waals surface area contributed by atoms with Crippen molar-refractivity contribution in [3.05, 3.63) is 89.6 Å². The number of benzene rings is 2. The monoisotopic (exact) mass is 353 g/mol. The Morgan fingerprint density at radius 2 is 1.68 bits per heavy atom. The van der Waals surface area contributed by atoms with Crippen molar-refractivity contribution in [2.45, 2.75) is 13.1 Å². The van der Waals surface area contributed by atoms with Crippen LogP contribution in [0.3, 0.4) is 0 Å². The molecule has 2 aromatic carbocycles. The first-order chi connectivity index (χ1) is 11.8. The molecule has 3 N–H and O–H groups in total. The summed E-state index contributed by atoms with van der Waals surface area (Å²) in [6, 6.07) is 21.1. The minimum Gasteiger partial charge on any atom is -0.348 e. The molecule has 1 amide bonds. The van der Waals surface area contributed by atoms with E-state index >= 15 is 0 Å². The van der Waals surface area contributed by atoms with Crippen molar-refractivity contribution in [2.75, 3.05) is 0 Å². The summed E-state index contributed by atoms with van der Waals surface area (Å²) in [6.07, 6.45) is 1.75. The molecule has 0 bridgehead atoms. The van der Waals surface area contributed by atoms with E-state index in [4.69, 9.17) is 5.73 Å². The number of carbonyl (C=O) groups excluding carboxylic acids is 1. The molecule has 0 saturated carbocycles. The highest BCUT2D eigenvalue weighted by Crippen LogP contribution is 2.18. The zero-order valence-electron chi connectivity index (χ0n) is 13.7. The zero-order valence-corrected chi connectivity index (χ0v) is 14.5. The molecule has 4 nitrogen and oxygen atoms in total. The Morgan fingerprint density at radius 1 is 0.960 bits per heavy atom. The van der Waals surface area contributed by atoms with Crippen LogP contribution in [0.5, 0.6) is 0 Å². The molecule has 0 spiro atoms. The predicted octanol–water partition coefficient (Wildman–Crippen LogP) is 3.56. The standard InChI is InChI=1S/C20H19N3O.ClH/c21-13-16-10-11-22-19(12-16)17-6-8-18(9-7-17)20(24)23-14-15-4-2-1-3-5-15;/h1-12H,13-14,21H2,(H,23,24);1H. The summed E-state index contributed by atoms with van der Waals surface area (Å²) in [6.45, 7) is 0.997. The van der Waals surface area contributed by atoms with Crippen LogP contribution in [-0.2, 0) is 13.1 Å². The normalized spacial score (nSPS) is 9.96. The van der Waals surface area contributed by atoms with Crippen LogP contribution in [-0.4, -0.2) is 10.9 Å². The molecule has 0 aliphatic heterocycles. The van der Waals surface area contributed by atoms with E-state index in [1.807, 2.05) is 66.7 Å². The van der Waals surface area contributed by atoms with Gasteiger partial charge in [-0.05, 0) is 35.4 Å². The fourth-order valence-electron chi connectivity index (χ4n) is 2.43. The van der Waals surface area contributed by atoms with Crippen LogP contribution in [0.1, 0.15) is 21.5 Å². The zero-order chi connectivity index (χ0) is 16.8. The van der Waals surface area contributed by atoms with Gasteiger partial charge in [0.05, 0.1) is 5.69 Å². The van der Waals surface area contributed by atoms with Crippen LogP contribution >= 0.6 is 12.4 Å². The van der Waals surface area contributed by atoms with Gasteiger partial charge in [0.2, 0.25) is 0 Å². The first kappa shape index (κ1) is 18.6. The average Bonchev–Trinajstić information content (AvgIpc) is 2.67. The number of aromatic nitrogens is 1. The van der Waals surface area contributed by atoms with Crippen molar-refractivity contribution in [1.82, 2.24) is 10.3 Å². The molecular weight excluding hydrogens is 334 g/mol. The minimum atomic E-state index is -0.0888. The number of pyridine rings is 1. The summed E-state index contributed by atoms with van der Waals surface area (Å²) < 4.78 is 0. The number of nitrogens with one attached hydrogen (secondary N) is 1. The Hall–Kier alpha value is -2.69. The molecular formula is C20H20ClN3O. The molecule has 0 fully saturated rings. The number of hydrogen-bond acceptors (Lipinski definition) is 3. The van der Waals surface area contributed by atoms with Gasteiger partial charge >= 0.3 is 0 Å². The number of amides is 1. The van der Waals surface area contributed by atoms with Crippen LogP contribution in [0.25, 0.3) is 11.3 Å². The van der Waals surface area contributed by atoms with E-state index in [9.17, 15) is 4.79 Å². The number of nitrogens with two attached hydrogens (primary N) is 1. The van der Waals surface area contributed by atoms with Gasteiger partial charge in [-0.25, -0.2) is 0 Å². The largest absolute Gasteiger partial charge is 0.348 e. The van der Waals surface area contributed by atoms with Gasteiger partial charge in [0.25, 0.3) is 5.91 Å². The van der Waals surface area contributed by atoms with Crippen LogP contribution < -0.4 is 11.1 Å². The van der Waals surface area contributed by atoms with E-state index in [2.05, 4.69) is 10.3 Å². The Bertz CT molecular complexity index is 820. The summed E-state index contributed by atoms with van der Waals surface area (Å²) in [4.78, 5) is 16.6. The molecule has 0 atom stereocenters. The fourth-order valence-corrected chi connectivity index (χ4v) is 2.43. The summed E-state index contributed by atoms with van der Waals surface area (Å²) in [5, 5.41) is 2.92. The summed E-state index contributed by atoms with van der Waals surface area (Å²) in [5.41, 5.74) is 10.2. The number of carbonyl (C=O) groups is 1. The number of hydrogen-bond donors (Lipinski definition) is 2. The average molecular weight is 354 g/mol. The maximum absolute atomic E-state index is 12.2. The van der Waals surface area contributed by atoms with Crippen LogP contribution in [0.4, 0.5) is 0 Å². The molecule has 25 heavy (non-hydrogen) atoms. The third-order valence-corrected chi connectivity index (χ3v) is 3.80. The summed E-state index contributed by atoms with van der Waals surface area (Å²) >= 11 is 0. The van der Waals surface area contributed by atoms with Gasteiger partial charge in [-0.3, -0.25) is 9.78 Å². The Morgan fingerprint density at radius 3 is 2.36 bits per heavy atom. The van der Waals surface area contributed by atoms with Crippen molar-refractivity contribution in [2.24, 2.45) is 5.73 Å². The van der Waals surface area contributed by atoms with Crippen molar-refractivity contribution >= 4 is 18.3 Å². The lowest BCUT2D eigenvalue weighted by atomic mass is 10.1. The Labute approximate surface area is 153 Å². The van der Waals surface area contributed by atoms with E-state index in [0.717, 1.165) is 22.4 Å². The maximum atomic E-state index is 12.2. The van der Waals surface area contributed by atoms with E-state index in [0.29, 0.717) is 18.7 Å². The van der Waals surface area contributed by atoms with Gasteiger partial charge in [0.15, 0.2) is 0 Å². The fraction of sp³-hybridized carbons (Fsp3) is 0.100. The number of rotatable bonds is 5. The SMILES string of the molecule is Cl.NCc1ccnc(-c2ccc(C(=O)NCc3ccccc3)cc2)c1. The van der Waals surface area contributed by atoms with Crippen LogP contribution in [0.15, 0.2) is 72.9 Å². The minimum absolute atomic E-state index is 0. The first-order valence-corrected chi connectivity index (χ1v) is 7.84. The lowest BCUT2D eigenvalue weighted by molar-refractivity contribution is 0.0951. The van der Waals surface area contributed by atoms with Crippen molar-refractivity contribution in [1.29, 1.82) is 0 Å². The van der Waals surface area contributed by atoms with Crippen molar-refractivity contribution in [3.63, 3.8) is 0 Å². The van der Waals surface area contributed by atoms with Gasteiger partial charge in [-0.15, -0.1) is 12.4 Å². The van der Waals surface area contributed by atoms with Gasteiger partial charge < -0.3 is 11.1 Å². The van der Waals surface area contributed by atoms with E-state index in [1.165, 1.54) is 0 Å². The topological polar surface area (TPSA) is 68.0 Å². The second-order valence-electron chi connectivity index (χ2n) is 5.50. The molecule has 3 aromatic rings. The smallest absolute Gasteiger partial charge is 0.251 e. The molecule has 3 rings (SSSR count). The Balaban J connectivity index is 0.00000225. The van der Waals surface area contributed by atoms with Gasteiger partial charge in [-0.1, -0.05) is 42.5 Å². The highest BCUT2D eigenvalue weighted by molar-refractivity contribution is 5.94. The first-order valence-electron chi connectivity index (χ1n) is 7.84. The molecule has 5 heteroatoms. The number of halogens is 1. The van der Waals surface area contributed by atoms with E-state index < -0.39 is 0 Å². The third-order valence-electron chi connectivity index (χ3n) is 3.80. The van der Waals surface area contributed by atoms with E-state index in [1.54, 1.807) is 6.20 Å². The quantitative estimate of drug-likeness (QED) is 0.737. The second kappa shape index (κ2) is 8.97. The molecule has 1 heterocycles. The van der Waals surface area contributed by atoms with Crippen LogP contribution in [0, 0.1) is 0 Å². The van der Waals surface area contributed by atoms with Crippen molar-refractivity contribution in [3.8, 4) is 11.3 Å². The second-order valence-corrected chi connectivity index (χ2v) is 5.50. The molecule has 0 radical (unpaired) electrons. The predicted molar refractivity (Wildman–Crippen MR) is 102 cm³/mol. The Kier molecular flexibility index (Phi) is 6.69. The highest BCUT2D eigenvalue weighted by atomic mass is 35.5. The van der Waals surface area contributed by atoms with Gasteiger partial charge in [0, 0.05) is 30.4 Å². The molecule has 1 aromatic heterocycles. The molecule has 0 aliphatic carbocycles. The molecule has 0 saturated heterocycles. The number of nitrogens with zero attached hydrogens (tertiary/aromatic N) is 1. The highest BCUT2D eigenvalue weighted by Gasteiger charge is 2.06. The third kappa shape index (κ3) is 4.89. The van der Waals surface area contributed by atoms with Gasteiger partial charge in [0.1, 0.15) is 0 Å². The van der Waals surface area contributed by atoms with Crippen molar-refractivity contribution < 1.29 is 4.79 Å². The summed E-state index contributed by atoms with van der Waals surface area (Å²) in [5.74, 6) is -0.0888. The maximum Gasteiger partial charge on any atom is 0.251 e. The van der Waals surface area contributed by atoms with E-state index in [-0.39, 0.29) is 18.3 Å². The lowest BCUT2D eigenvalue weighted by Crippen LogP contribution is -2.22. The van der Waals surface area contributed by atoms with Gasteiger partial charge in [-0.2, -0.15) is 0 Å². The molecule has 0 aliphatic rings. The molecule has 128 valence electrons. The summed E-state index contributed by atoms with van der Waals surface area (Å²) in [7, 11) is 0. The lowest BCUT2D eigenvalue weighted by Gasteiger charge is -2.07.